The van der Waals surface area contributed by atoms with E-state index in [1.807, 2.05) is 0 Å². The molecule has 0 radical (unpaired) electrons. The molecule has 1 aliphatic heterocycles. The normalized spacial score (nSPS) is 18.2. The molecule has 7 nitrogen and oxygen atoms in total. The molecular formula is C11H16N2O5S2. The number of aromatic carboxylic acids is 1. The van der Waals surface area contributed by atoms with Crippen LogP contribution in [0.1, 0.15) is 23.3 Å². The van der Waals surface area contributed by atoms with Gasteiger partial charge >= 0.3 is 5.97 Å². The van der Waals surface area contributed by atoms with Gasteiger partial charge in [0.1, 0.15) is 0 Å². The highest BCUT2D eigenvalue weighted by Gasteiger charge is 2.34. The Labute approximate surface area is 121 Å². The number of piperidine rings is 1. The lowest BCUT2D eigenvalue weighted by Gasteiger charge is -2.30. The van der Waals surface area contributed by atoms with Gasteiger partial charge in [-0.15, -0.1) is 11.3 Å². The third-order valence-corrected chi connectivity index (χ3v) is 6.53. The number of ether oxygens (including phenoxy) is 1. The largest absolute Gasteiger partial charge is 0.476 e. The molecule has 0 atom stereocenters. The molecule has 0 amide bonds. The molecule has 1 N–H and O–H groups in total. The average molecular weight is 320 g/mol. The number of thiazole rings is 1. The van der Waals surface area contributed by atoms with Gasteiger partial charge in [0.2, 0.25) is 0 Å². The van der Waals surface area contributed by atoms with Gasteiger partial charge < -0.3 is 9.84 Å². The molecule has 2 rings (SSSR count). The van der Waals surface area contributed by atoms with Crippen molar-refractivity contribution in [3.05, 3.63) is 11.2 Å². The van der Waals surface area contributed by atoms with Crippen LogP contribution in [0.4, 0.5) is 0 Å². The van der Waals surface area contributed by atoms with Crippen LogP contribution in [0.15, 0.2) is 9.72 Å². The SMILES string of the molecule is COCC1CCN(S(=O)(=O)c2scnc2C(=O)O)CC1. The number of hydrogen-bond acceptors (Lipinski definition) is 6. The Morgan fingerprint density at radius 2 is 2.20 bits per heavy atom. The standard InChI is InChI=1S/C11H16N2O5S2/c1-18-6-8-2-4-13(5-3-8)20(16,17)11-9(10(14)15)12-7-19-11/h7-8H,2-6H2,1H3,(H,14,15). The Bertz CT molecular complexity index is 575. The zero-order chi connectivity index (χ0) is 14.8. The fourth-order valence-electron chi connectivity index (χ4n) is 2.23. The minimum atomic E-state index is -3.77. The molecule has 0 bridgehead atoms. The number of sulfonamides is 1. The summed E-state index contributed by atoms with van der Waals surface area (Å²) in [4.78, 5) is 14.6. The number of methoxy groups -OCH3 is 1. The maximum Gasteiger partial charge on any atom is 0.356 e. The fourth-order valence-corrected chi connectivity index (χ4v) is 4.98. The van der Waals surface area contributed by atoms with Crippen molar-refractivity contribution in [1.82, 2.24) is 9.29 Å². The molecule has 0 aliphatic carbocycles. The van der Waals surface area contributed by atoms with Gasteiger partial charge in [0.05, 0.1) is 5.51 Å². The van der Waals surface area contributed by atoms with E-state index in [1.165, 1.54) is 9.82 Å². The lowest BCUT2D eigenvalue weighted by atomic mass is 9.99. The summed E-state index contributed by atoms with van der Waals surface area (Å²) in [7, 11) is -2.14. The van der Waals surface area contributed by atoms with E-state index in [9.17, 15) is 13.2 Å². The van der Waals surface area contributed by atoms with Crippen LogP contribution in [0.3, 0.4) is 0 Å². The predicted octanol–water partition coefficient (Wildman–Crippen LogP) is 0.888. The molecule has 9 heteroatoms. The summed E-state index contributed by atoms with van der Waals surface area (Å²) < 4.78 is 31.1. The molecule has 1 aliphatic rings. The van der Waals surface area contributed by atoms with E-state index in [1.54, 1.807) is 7.11 Å². The lowest BCUT2D eigenvalue weighted by molar-refractivity contribution is 0.0687. The number of aromatic nitrogens is 1. The minimum absolute atomic E-state index is 0.185. The van der Waals surface area contributed by atoms with Crippen LogP contribution in [0.2, 0.25) is 0 Å². The smallest absolute Gasteiger partial charge is 0.356 e. The van der Waals surface area contributed by atoms with E-state index in [0.29, 0.717) is 38.5 Å². The van der Waals surface area contributed by atoms with Crippen LogP contribution in [-0.2, 0) is 14.8 Å². The highest BCUT2D eigenvalue weighted by molar-refractivity contribution is 7.91. The predicted molar refractivity (Wildman–Crippen MR) is 72.4 cm³/mol. The molecule has 1 saturated heterocycles. The van der Waals surface area contributed by atoms with E-state index < -0.39 is 21.7 Å². The second kappa shape index (κ2) is 6.17. The van der Waals surface area contributed by atoms with E-state index >= 15 is 0 Å². The van der Waals surface area contributed by atoms with Gasteiger partial charge in [0, 0.05) is 26.8 Å². The van der Waals surface area contributed by atoms with Crippen molar-refractivity contribution in [2.24, 2.45) is 5.92 Å². The summed E-state index contributed by atoms with van der Waals surface area (Å²) in [5, 5.41) is 8.97. The molecule has 0 spiro atoms. The van der Waals surface area contributed by atoms with Gasteiger partial charge in [-0.05, 0) is 18.8 Å². The fraction of sp³-hybridized carbons (Fsp3) is 0.636. The van der Waals surface area contributed by atoms with Crippen molar-refractivity contribution in [2.75, 3.05) is 26.8 Å². The molecule has 0 unspecified atom stereocenters. The number of carboxylic acids is 1. The van der Waals surface area contributed by atoms with Crippen LogP contribution in [0.5, 0.6) is 0 Å². The first kappa shape index (κ1) is 15.4. The maximum atomic E-state index is 12.4. The van der Waals surface area contributed by atoms with Gasteiger partial charge in [-0.2, -0.15) is 4.31 Å². The molecule has 112 valence electrons. The Morgan fingerprint density at radius 3 is 2.75 bits per heavy atom. The number of carboxylic acid groups (broad SMARTS) is 1. The number of carbonyl (C=O) groups is 1. The Kier molecular flexibility index (Phi) is 4.74. The van der Waals surface area contributed by atoms with E-state index in [4.69, 9.17) is 9.84 Å². The summed E-state index contributed by atoms with van der Waals surface area (Å²) in [6, 6.07) is 0. The lowest BCUT2D eigenvalue weighted by Crippen LogP contribution is -2.39. The van der Waals surface area contributed by atoms with Crippen molar-refractivity contribution < 1.29 is 23.1 Å². The van der Waals surface area contributed by atoms with Gasteiger partial charge in [-0.25, -0.2) is 18.2 Å². The number of hydrogen-bond donors (Lipinski definition) is 1. The summed E-state index contributed by atoms with van der Waals surface area (Å²) in [5.41, 5.74) is 0.850. The Hall–Kier alpha value is -1.03. The molecule has 0 saturated carbocycles. The summed E-state index contributed by atoms with van der Waals surface area (Å²) in [5.74, 6) is -0.967. The highest BCUT2D eigenvalue weighted by Crippen LogP contribution is 2.28. The first-order valence-electron chi connectivity index (χ1n) is 6.12. The van der Waals surface area contributed by atoms with Gasteiger partial charge in [-0.3, -0.25) is 0 Å². The van der Waals surface area contributed by atoms with Gasteiger partial charge in [0.15, 0.2) is 9.90 Å². The van der Waals surface area contributed by atoms with Gasteiger partial charge in [0.25, 0.3) is 10.0 Å². The second-order valence-corrected chi connectivity index (χ2v) is 7.58. The zero-order valence-corrected chi connectivity index (χ0v) is 12.6. The van der Waals surface area contributed by atoms with Crippen LogP contribution in [0.25, 0.3) is 0 Å². The molecular weight excluding hydrogens is 304 g/mol. The summed E-state index contributed by atoms with van der Waals surface area (Å²) >= 11 is 0.843. The Balaban J connectivity index is 2.16. The molecule has 0 aromatic carbocycles. The summed E-state index contributed by atoms with van der Waals surface area (Å²) in [6.45, 7) is 1.38. The molecule has 1 fully saturated rings. The first-order chi connectivity index (χ1) is 9.46. The van der Waals surface area contributed by atoms with E-state index in [-0.39, 0.29) is 4.21 Å². The summed E-state index contributed by atoms with van der Waals surface area (Å²) in [6.07, 6.45) is 1.43. The Morgan fingerprint density at radius 1 is 1.55 bits per heavy atom. The third-order valence-electron chi connectivity index (χ3n) is 3.29. The first-order valence-corrected chi connectivity index (χ1v) is 8.44. The minimum Gasteiger partial charge on any atom is -0.476 e. The van der Waals surface area contributed by atoms with Crippen LogP contribution >= 0.6 is 11.3 Å². The van der Waals surface area contributed by atoms with Crippen molar-refractivity contribution in [3.8, 4) is 0 Å². The quantitative estimate of drug-likeness (QED) is 0.865. The van der Waals surface area contributed by atoms with Crippen LogP contribution in [0, 0.1) is 5.92 Å². The van der Waals surface area contributed by atoms with Crippen LogP contribution in [-0.4, -0.2) is 55.6 Å². The number of nitrogens with zero attached hydrogens (tertiary/aromatic N) is 2. The monoisotopic (exact) mass is 320 g/mol. The van der Waals surface area contributed by atoms with Crippen molar-refractivity contribution in [2.45, 2.75) is 17.1 Å². The van der Waals surface area contributed by atoms with E-state index in [2.05, 4.69) is 4.98 Å². The molecule has 1 aromatic rings. The molecule has 1 aromatic heterocycles. The number of rotatable bonds is 5. The van der Waals surface area contributed by atoms with Crippen molar-refractivity contribution >= 4 is 27.3 Å². The highest BCUT2D eigenvalue weighted by atomic mass is 32.2. The average Bonchev–Trinajstić information content (AvgIpc) is 2.90. The molecule has 20 heavy (non-hydrogen) atoms. The van der Waals surface area contributed by atoms with Gasteiger partial charge in [-0.1, -0.05) is 0 Å². The topological polar surface area (TPSA) is 96.8 Å². The van der Waals surface area contributed by atoms with Crippen molar-refractivity contribution in [3.63, 3.8) is 0 Å². The van der Waals surface area contributed by atoms with Crippen molar-refractivity contribution in [1.29, 1.82) is 0 Å². The second-order valence-electron chi connectivity index (χ2n) is 4.60. The van der Waals surface area contributed by atoms with Crippen LogP contribution < -0.4 is 0 Å². The zero-order valence-electron chi connectivity index (χ0n) is 11.0. The third kappa shape index (κ3) is 3.00. The molecule has 2 heterocycles. The maximum absolute atomic E-state index is 12.4. The van der Waals surface area contributed by atoms with E-state index in [0.717, 1.165) is 11.3 Å².